The zero-order valence-corrected chi connectivity index (χ0v) is 11.2. The molecular weight excluding hydrogens is 281 g/mol. The Labute approximate surface area is 120 Å². The molecule has 21 heavy (non-hydrogen) atoms. The highest BCUT2D eigenvalue weighted by Gasteiger charge is 2.31. The van der Waals surface area contributed by atoms with Crippen molar-refractivity contribution in [2.24, 2.45) is 0 Å². The second-order valence-electron chi connectivity index (χ2n) is 4.59. The smallest absolute Gasteiger partial charge is 0.393 e. The number of halogens is 3. The van der Waals surface area contributed by atoms with E-state index in [4.69, 9.17) is 4.74 Å². The van der Waals surface area contributed by atoms with Crippen LogP contribution >= 0.6 is 0 Å². The molecule has 2 aromatic rings. The molecule has 0 radical (unpaired) electrons. The zero-order chi connectivity index (χ0) is 15.3. The zero-order valence-electron chi connectivity index (χ0n) is 11.2. The molecule has 0 saturated carbocycles. The second-order valence-corrected chi connectivity index (χ2v) is 4.59. The van der Waals surface area contributed by atoms with E-state index in [0.29, 0.717) is 5.56 Å². The maximum absolute atomic E-state index is 12.7. The fourth-order valence-electron chi connectivity index (χ4n) is 1.94. The summed E-state index contributed by atoms with van der Waals surface area (Å²) in [6.45, 7) is -0.156. The number of aliphatic hydroxyl groups excluding tert-OH is 1. The maximum Gasteiger partial charge on any atom is 0.416 e. The second kappa shape index (κ2) is 6.74. The third kappa shape index (κ3) is 4.31. The van der Waals surface area contributed by atoms with Crippen LogP contribution in [0.3, 0.4) is 0 Å². The number of ether oxygens (including phenoxy) is 1. The summed E-state index contributed by atoms with van der Waals surface area (Å²) in [5.74, 6) is 0. The Kier molecular flexibility index (Phi) is 4.98. The standard InChI is InChI=1S/C16H15F3O2/c17-16(18,19)14-8-4-7-13(9-14)15(10-20)21-11-12-5-2-1-3-6-12/h1-9,15,20H,10-11H2. The van der Waals surface area contributed by atoms with Crippen LogP contribution < -0.4 is 0 Å². The molecule has 5 heteroatoms. The van der Waals surface area contributed by atoms with Crippen molar-refractivity contribution in [2.45, 2.75) is 18.9 Å². The van der Waals surface area contributed by atoms with Crippen molar-refractivity contribution in [3.05, 3.63) is 71.3 Å². The lowest BCUT2D eigenvalue weighted by Crippen LogP contribution is -2.11. The monoisotopic (exact) mass is 296 g/mol. The molecule has 0 saturated heterocycles. The Morgan fingerprint density at radius 1 is 1.00 bits per heavy atom. The molecule has 2 nitrogen and oxygen atoms in total. The summed E-state index contributed by atoms with van der Waals surface area (Å²) in [4.78, 5) is 0. The van der Waals surface area contributed by atoms with Crippen LogP contribution in [0, 0.1) is 0 Å². The Morgan fingerprint density at radius 2 is 1.71 bits per heavy atom. The van der Waals surface area contributed by atoms with Crippen molar-refractivity contribution in [3.8, 4) is 0 Å². The predicted octanol–water partition coefficient (Wildman–Crippen LogP) is 3.96. The Morgan fingerprint density at radius 3 is 2.33 bits per heavy atom. The van der Waals surface area contributed by atoms with Crippen molar-refractivity contribution in [1.29, 1.82) is 0 Å². The molecule has 1 unspecified atom stereocenters. The third-order valence-electron chi connectivity index (χ3n) is 3.05. The van der Waals surface area contributed by atoms with Crippen molar-refractivity contribution >= 4 is 0 Å². The first-order chi connectivity index (χ1) is 10.0. The van der Waals surface area contributed by atoms with Gasteiger partial charge < -0.3 is 9.84 Å². The first kappa shape index (κ1) is 15.5. The van der Waals surface area contributed by atoms with E-state index in [9.17, 15) is 18.3 Å². The maximum atomic E-state index is 12.7. The van der Waals surface area contributed by atoms with Crippen molar-refractivity contribution in [1.82, 2.24) is 0 Å². The van der Waals surface area contributed by atoms with Crippen LogP contribution in [0.15, 0.2) is 54.6 Å². The molecule has 2 rings (SSSR count). The summed E-state index contributed by atoms with van der Waals surface area (Å²) in [5, 5.41) is 9.34. The molecule has 0 aliphatic rings. The van der Waals surface area contributed by atoms with Gasteiger partial charge in [-0.25, -0.2) is 0 Å². The lowest BCUT2D eigenvalue weighted by Gasteiger charge is -2.17. The van der Waals surface area contributed by atoms with E-state index in [2.05, 4.69) is 0 Å². The van der Waals surface area contributed by atoms with E-state index in [0.717, 1.165) is 17.7 Å². The largest absolute Gasteiger partial charge is 0.416 e. The van der Waals surface area contributed by atoms with Gasteiger partial charge in [0, 0.05) is 0 Å². The van der Waals surface area contributed by atoms with Gasteiger partial charge in [0.1, 0.15) is 6.10 Å². The minimum absolute atomic E-state index is 0.225. The van der Waals surface area contributed by atoms with Crippen molar-refractivity contribution in [3.63, 3.8) is 0 Å². The molecule has 1 N–H and O–H groups in total. The molecular formula is C16H15F3O2. The van der Waals surface area contributed by atoms with E-state index in [-0.39, 0.29) is 13.2 Å². The van der Waals surface area contributed by atoms with Gasteiger partial charge in [-0.05, 0) is 23.3 Å². The van der Waals surface area contributed by atoms with Crippen molar-refractivity contribution in [2.75, 3.05) is 6.61 Å². The van der Waals surface area contributed by atoms with Crippen molar-refractivity contribution < 1.29 is 23.0 Å². The van der Waals surface area contributed by atoms with E-state index in [1.54, 1.807) is 0 Å². The van der Waals surface area contributed by atoms with Crippen LogP contribution in [0.25, 0.3) is 0 Å². The minimum atomic E-state index is -4.41. The average molecular weight is 296 g/mol. The van der Waals surface area contributed by atoms with E-state index in [1.165, 1.54) is 12.1 Å². The predicted molar refractivity (Wildman–Crippen MR) is 72.5 cm³/mol. The first-order valence-electron chi connectivity index (χ1n) is 6.44. The molecule has 0 spiro atoms. The summed E-state index contributed by atoms with van der Waals surface area (Å²) in [7, 11) is 0. The summed E-state index contributed by atoms with van der Waals surface area (Å²) in [6, 6.07) is 14.1. The molecule has 2 aromatic carbocycles. The summed E-state index contributed by atoms with van der Waals surface area (Å²) < 4.78 is 43.6. The molecule has 0 amide bonds. The van der Waals surface area contributed by atoms with Gasteiger partial charge in [-0.15, -0.1) is 0 Å². The van der Waals surface area contributed by atoms with Crippen LogP contribution in [0.4, 0.5) is 13.2 Å². The van der Waals surface area contributed by atoms with Gasteiger partial charge in [0.05, 0.1) is 18.8 Å². The van der Waals surface area contributed by atoms with Gasteiger partial charge >= 0.3 is 6.18 Å². The fraction of sp³-hybridized carbons (Fsp3) is 0.250. The molecule has 0 bridgehead atoms. The summed E-state index contributed by atoms with van der Waals surface area (Å²) >= 11 is 0. The number of aliphatic hydroxyl groups is 1. The van der Waals surface area contributed by atoms with E-state index in [1.807, 2.05) is 30.3 Å². The lowest BCUT2D eigenvalue weighted by atomic mass is 10.1. The van der Waals surface area contributed by atoms with Gasteiger partial charge in [0.15, 0.2) is 0 Å². The van der Waals surface area contributed by atoms with Crippen LogP contribution in [0.5, 0.6) is 0 Å². The summed E-state index contributed by atoms with van der Waals surface area (Å²) in [6.07, 6.45) is -5.19. The fourth-order valence-corrected chi connectivity index (χ4v) is 1.94. The quantitative estimate of drug-likeness (QED) is 0.905. The number of hydrogen-bond acceptors (Lipinski definition) is 2. The number of alkyl halides is 3. The highest BCUT2D eigenvalue weighted by atomic mass is 19.4. The topological polar surface area (TPSA) is 29.5 Å². The molecule has 0 fully saturated rings. The Balaban J connectivity index is 2.10. The van der Waals surface area contributed by atoms with Gasteiger partial charge in [0.25, 0.3) is 0 Å². The highest BCUT2D eigenvalue weighted by molar-refractivity contribution is 5.27. The first-order valence-corrected chi connectivity index (χ1v) is 6.44. The summed E-state index contributed by atoms with van der Waals surface area (Å²) in [5.41, 5.74) is 0.452. The third-order valence-corrected chi connectivity index (χ3v) is 3.05. The number of hydrogen-bond donors (Lipinski definition) is 1. The molecule has 0 aliphatic heterocycles. The van der Waals surface area contributed by atoms with Crippen LogP contribution in [-0.4, -0.2) is 11.7 Å². The molecule has 0 aliphatic carbocycles. The van der Waals surface area contributed by atoms with Crippen LogP contribution in [0.2, 0.25) is 0 Å². The van der Waals surface area contributed by atoms with Gasteiger partial charge in [-0.1, -0.05) is 42.5 Å². The lowest BCUT2D eigenvalue weighted by molar-refractivity contribution is -0.137. The Bertz CT molecular complexity index is 567. The normalized spacial score (nSPS) is 13.1. The Hall–Kier alpha value is -1.85. The van der Waals surface area contributed by atoms with E-state index >= 15 is 0 Å². The van der Waals surface area contributed by atoms with E-state index < -0.39 is 17.8 Å². The average Bonchev–Trinajstić information content (AvgIpc) is 2.48. The SMILES string of the molecule is OCC(OCc1ccccc1)c1cccc(C(F)(F)F)c1. The number of benzene rings is 2. The minimum Gasteiger partial charge on any atom is -0.393 e. The van der Waals surface area contributed by atoms with Gasteiger partial charge in [0.2, 0.25) is 0 Å². The molecule has 112 valence electrons. The number of rotatable bonds is 5. The van der Waals surface area contributed by atoms with Gasteiger partial charge in [-0.3, -0.25) is 0 Å². The van der Waals surface area contributed by atoms with Crippen LogP contribution in [0.1, 0.15) is 22.8 Å². The van der Waals surface area contributed by atoms with Crippen LogP contribution in [-0.2, 0) is 17.5 Å². The molecule has 0 aromatic heterocycles. The highest BCUT2D eigenvalue weighted by Crippen LogP contribution is 2.31. The molecule has 0 heterocycles. The van der Waals surface area contributed by atoms with Gasteiger partial charge in [-0.2, -0.15) is 13.2 Å². The molecule has 1 atom stereocenters.